The van der Waals surface area contributed by atoms with Gasteiger partial charge in [0.05, 0.1) is 6.20 Å². The molecular weight excluding hydrogens is 212 g/mol. The van der Waals surface area contributed by atoms with Crippen LogP contribution in [0.15, 0.2) is 10.6 Å². The number of hydrogen-bond donors (Lipinski definition) is 2. The van der Waals surface area contributed by atoms with Crippen LogP contribution in [0.2, 0.25) is 0 Å². The summed E-state index contributed by atoms with van der Waals surface area (Å²) < 4.78 is 5.11. The van der Waals surface area contributed by atoms with Crippen LogP contribution < -0.4 is 5.32 Å². The van der Waals surface area contributed by atoms with Gasteiger partial charge in [-0.05, 0) is 5.92 Å². The number of nitrogens with zero attached hydrogens (tertiary/aromatic N) is 1. The molecule has 0 bridgehead atoms. The fourth-order valence-corrected chi connectivity index (χ4v) is 1.32. The van der Waals surface area contributed by atoms with E-state index < -0.39 is 12.1 Å². The third kappa shape index (κ3) is 2.82. The summed E-state index contributed by atoms with van der Waals surface area (Å²) in [6, 6.07) is -0.531. The fourth-order valence-electron chi connectivity index (χ4n) is 1.32. The van der Waals surface area contributed by atoms with E-state index in [-0.39, 0.29) is 17.6 Å². The Bertz CT molecular complexity index is 375. The zero-order valence-corrected chi connectivity index (χ0v) is 9.14. The number of carbonyl (C=O) groups excluding carboxylic acids is 1. The number of oxazole rings is 1. The Morgan fingerprint density at radius 2 is 2.44 bits per heavy atom. The molecule has 16 heavy (non-hydrogen) atoms. The molecule has 0 aliphatic rings. The average Bonchev–Trinajstić information content (AvgIpc) is 2.72. The van der Waals surface area contributed by atoms with Crippen molar-refractivity contribution in [3.63, 3.8) is 0 Å². The van der Waals surface area contributed by atoms with Gasteiger partial charge in [0, 0.05) is 0 Å². The lowest BCUT2D eigenvalue weighted by molar-refractivity contribution is 0.109. The zero-order chi connectivity index (χ0) is 12.1. The zero-order valence-electron chi connectivity index (χ0n) is 9.14. The number of aromatic nitrogens is 1. The van der Waals surface area contributed by atoms with Gasteiger partial charge in [-0.1, -0.05) is 20.3 Å². The fraction of sp³-hybridized carbons (Fsp3) is 0.500. The first-order chi connectivity index (χ1) is 7.58. The second kappa shape index (κ2) is 5.29. The van der Waals surface area contributed by atoms with Crippen molar-refractivity contribution in [2.75, 3.05) is 0 Å². The lowest BCUT2D eigenvalue weighted by Gasteiger charge is -2.19. The minimum Gasteiger partial charge on any atom is -0.465 e. The molecule has 1 aromatic rings. The van der Waals surface area contributed by atoms with E-state index in [9.17, 15) is 9.59 Å². The van der Waals surface area contributed by atoms with Crippen LogP contribution in [-0.2, 0) is 0 Å². The molecular formula is C10H14N2O4. The van der Waals surface area contributed by atoms with Crippen LogP contribution in [0.1, 0.15) is 42.8 Å². The summed E-state index contributed by atoms with van der Waals surface area (Å²) >= 11 is 0. The standard InChI is InChI=1S/C10H14N2O4/c1-3-6(2)8(12-10(14)15)9-11-4-7(5-13)16-9/h4-6,8,12H,3H2,1-2H3,(H,14,15)/t6-,8+/m1/s1. The minimum atomic E-state index is -1.14. The summed E-state index contributed by atoms with van der Waals surface area (Å²) in [4.78, 5) is 24.9. The molecule has 1 heterocycles. The van der Waals surface area contributed by atoms with Gasteiger partial charge in [-0.25, -0.2) is 9.78 Å². The maximum absolute atomic E-state index is 10.6. The van der Waals surface area contributed by atoms with E-state index in [0.29, 0.717) is 6.29 Å². The van der Waals surface area contributed by atoms with E-state index in [2.05, 4.69) is 10.3 Å². The van der Waals surface area contributed by atoms with Gasteiger partial charge in [-0.15, -0.1) is 0 Å². The van der Waals surface area contributed by atoms with Crippen LogP contribution in [0.4, 0.5) is 4.79 Å². The normalized spacial score (nSPS) is 14.1. The van der Waals surface area contributed by atoms with Crippen LogP contribution in [0.3, 0.4) is 0 Å². The number of amides is 1. The molecule has 0 spiro atoms. The lowest BCUT2D eigenvalue weighted by atomic mass is 9.99. The lowest BCUT2D eigenvalue weighted by Crippen LogP contribution is -2.31. The highest BCUT2D eigenvalue weighted by atomic mass is 16.4. The van der Waals surface area contributed by atoms with Crippen LogP contribution >= 0.6 is 0 Å². The summed E-state index contributed by atoms with van der Waals surface area (Å²) in [6.45, 7) is 3.82. The van der Waals surface area contributed by atoms with Gasteiger partial charge in [0.15, 0.2) is 12.0 Å². The molecule has 0 radical (unpaired) electrons. The highest BCUT2D eigenvalue weighted by molar-refractivity contribution is 5.69. The van der Waals surface area contributed by atoms with E-state index in [1.807, 2.05) is 13.8 Å². The topological polar surface area (TPSA) is 92.4 Å². The van der Waals surface area contributed by atoms with E-state index in [4.69, 9.17) is 9.52 Å². The Kier molecular flexibility index (Phi) is 4.04. The molecule has 1 amide bonds. The second-order valence-corrected chi connectivity index (χ2v) is 3.53. The molecule has 2 atom stereocenters. The molecule has 0 saturated heterocycles. The van der Waals surface area contributed by atoms with Crippen molar-refractivity contribution in [1.29, 1.82) is 0 Å². The van der Waals surface area contributed by atoms with Crippen LogP contribution in [0, 0.1) is 5.92 Å². The SMILES string of the molecule is CC[C@@H](C)[C@H](NC(=O)O)c1ncc(C=O)o1. The highest BCUT2D eigenvalue weighted by Gasteiger charge is 2.24. The molecule has 0 aliphatic heterocycles. The maximum atomic E-state index is 10.6. The van der Waals surface area contributed by atoms with E-state index in [1.54, 1.807) is 0 Å². The Hall–Kier alpha value is -1.85. The van der Waals surface area contributed by atoms with Crippen molar-refractivity contribution in [3.05, 3.63) is 17.8 Å². The summed E-state index contributed by atoms with van der Waals surface area (Å²) in [7, 11) is 0. The van der Waals surface area contributed by atoms with E-state index >= 15 is 0 Å². The first-order valence-electron chi connectivity index (χ1n) is 4.98. The summed E-state index contributed by atoms with van der Waals surface area (Å²) in [5.74, 6) is 0.351. The molecule has 0 saturated carbocycles. The van der Waals surface area contributed by atoms with Crippen molar-refractivity contribution in [2.45, 2.75) is 26.3 Å². The molecule has 0 aromatic carbocycles. The largest absolute Gasteiger partial charge is 0.465 e. The number of rotatable bonds is 5. The van der Waals surface area contributed by atoms with Crippen LogP contribution in [0.25, 0.3) is 0 Å². The molecule has 6 nitrogen and oxygen atoms in total. The summed E-state index contributed by atoms with van der Waals surface area (Å²) in [6.07, 6.45) is 1.44. The van der Waals surface area contributed by atoms with E-state index in [0.717, 1.165) is 6.42 Å². The predicted octanol–water partition coefficient (Wildman–Crippen LogP) is 1.84. The second-order valence-electron chi connectivity index (χ2n) is 3.53. The van der Waals surface area contributed by atoms with Gasteiger partial charge in [0.1, 0.15) is 6.04 Å². The Balaban J connectivity index is 2.90. The van der Waals surface area contributed by atoms with Gasteiger partial charge >= 0.3 is 6.09 Å². The molecule has 88 valence electrons. The van der Waals surface area contributed by atoms with Gasteiger partial charge in [-0.3, -0.25) is 4.79 Å². The number of nitrogens with one attached hydrogen (secondary N) is 1. The third-order valence-corrected chi connectivity index (χ3v) is 2.42. The van der Waals surface area contributed by atoms with Crippen molar-refractivity contribution in [3.8, 4) is 0 Å². The maximum Gasteiger partial charge on any atom is 0.405 e. The van der Waals surface area contributed by atoms with Gasteiger partial charge < -0.3 is 14.8 Å². The van der Waals surface area contributed by atoms with Crippen molar-refractivity contribution >= 4 is 12.4 Å². The molecule has 0 unspecified atom stereocenters. The van der Waals surface area contributed by atoms with Gasteiger partial charge in [-0.2, -0.15) is 0 Å². The number of carboxylic acid groups (broad SMARTS) is 1. The van der Waals surface area contributed by atoms with Crippen LogP contribution in [0.5, 0.6) is 0 Å². The van der Waals surface area contributed by atoms with Crippen LogP contribution in [-0.4, -0.2) is 22.5 Å². The highest BCUT2D eigenvalue weighted by Crippen LogP contribution is 2.23. The van der Waals surface area contributed by atoms with Gasteiger partial charge in [0.25, 0.3) is 0 Å². The molecule has 2 N–H and O–H groups in total. The van der Waals surface area contributed by atoms with Crippen molar-refractivity contribution < 1.29 is 19.1 Å². The number of aldehydes is 1. The summed E-state index contributed by atoms with van der Waals surface area (Å²) in [5.41, 5.74) is 0. The Morgan fingerprint density at radius 3 is 2.88 bits per heavy atom. The molecule has 1 rings (SSSR count). The quantitative estimate of drug-likeness (QED) is 0.747. The van der Waals surface area contributed by atoms with Crippen molar-refractivity contribution in [2.24, 2.45) is 5.92 Å². The molecule has 0 aliphatic carbocycles. The summed E-state index contributed by atoms with van der Waals surface area (Å²) in [5, 5.41) is 11.0. The Labute approximate surface area is 92.7 Å². The van der Waals surface area contributed by atoms with Gasteiger partial charge in [0.2, 0.25) is 5.89 Å². The minimum absolute atomic E-state index is 0.0363. The smallest absolute Gasteiger partial charge is 0.405 e. The first kappa shape index (κ1) is 12.2. The average molecular weight is 226 g/mol. The molecule has 0 fully saturated rings. The molecule has 1 aromatic heterocycles. The number of hydrogen-bond acceptors (Lipinski definition) is 4. The first-order valence-corrected chi connectivity index (χ1v) is 4.98. The monoisotopic (exact) mass is 226 g/mol. The van der Waals surface area contributed by atoms with Crippen molar-refractivity contribution in [1.82, 2.24) is 10.3 Å². The molecule has 6 heteroatoms. The predicted molar refractivity (Wildman–Crippen MR) is 55.2 cm³/mol. The Morgan fingerprint density at radius 1 is 1.75 bits per heavy atom. The van der Waals surface area contributed by atoms with E-state index in [1.165, 1.54) is 6.20 Å². The number of carbonyl (C=O) groups is 2. The third-order valence-electron chi connectivity index (χ3n) is 2.42.